The smallest absolute Gasteiger partial charge is 0.135 e. The molecule has 3 aliphatic heterocycles. The molecule has 0 saturated carbocycles. The van der Waals surface area contributed by atoms with Crippen molar-refractivity contribution in [2.24, 2.45) is 11.8 Å². The lowest BCUT2D eigenvalue weighted by Gasteiger charge is -2.59. The Labute approximate surface area is 243 Å². The number of fused-ring (bicyclic) bond motifs is 4. The van der Waals surface area contributed by atoms with Gasteiger partial charge in [0.05, 0.1) is 25.2 Å². The first-order valence-electron chi connectivity index (χ1n) is 15.0. The monoisotopic (exact) mass is 551 g/mol. The average molecular weight is 552 g/mol. The summed E-state index contributed by atoms with van der Waals surface area (Å²) in [5, 5.41) is 1.17. The van der Waals surface area contributed by atoms with Crippen molar-refractivity contribution in [3.05, 3.63) is 120 Å². The molecule has 7 rings (SSSR count). The van der Waals surface area contributed by atoms with Gasteiger partial charge in [-0.2, -0.15) is 0 Å². The normalized spacial score (nSPS) is 24.3. The molecular weight excluding hydrogens is 511 g/mol. The maximum atomic E-state index is 14.1. The Morgan fingerprint density at radius 2 is 1.85 bits per heavy atom. The molecule has 3 aromatic carbocycles. The van der Waals surface area contributed by atoms with Crippen molar-refractivity contribution in [1.29, 1.82) is 0 Å². The van der Waals surface area contributed by atoms with Crippen LogP contribution in [0.4, 0.5) is 4.39 Å². The van der Waals surface area contributed by atoms with Crippen molar-refractivity contribution in [3.63, 3.8) is 0 Å². The van der Waals surface area contributed by atoms with Crippen LogP contribution >= 0.6 is 0 Å². The van der Waals surface area contributed by atoms with Crippen LogP contribution in [0.2, 0.25) is 0 Å². The van der Waals surface area contributed by atoms with E-state index in [9.17, 15) is 4.39 Å². The number of benzene rings is 3. The first kappa shape index (κ1) is 27.6. The molecular formula is C36H40FN2O2+. The summed E-state index contributed by atoms with van der Waals surface area (Å²) in [5.74, 6) is 1.99. The standard InChI is InChI=1S/C36H40FN2O2/c1-3-21-40-36(32-17-19-38-34-12-8-6-10-31(32)34)35-22-28-18-20-39(35,24-27(28)4-2)23-26-13-15-30(16-14-26)41-25-29-9-5-7-11-33(29)37/h3,5-17,19,27-28,35-36H,1,4,18,20-25H2,2H3/q+1/t27-,28-,35-,36+,39+/m0/s1. The molecule has 4 heterocycles. The highest BCUT2D eigenvalue weighted by Gasteiger charge is 2.54. The van der Waals surface area contributed by atoms with Gasteiger partial charge in [0.15, 0.2) is 0 Å². The number of aromatic nitrogens is 1. The molecule has 4 nitrogen and oxygen atoms in total. The molecule has 4 aromatic rings. The van der Waals surface area contributed by atoms with E-state index in [-0.39, 0.29) is 18.5 Å². The van der Waals surface area contributed by atoms with Gasteiger partial charge in [0, 0.05) is 41.5 Å². The van der Waals surface area contributed by atoms with Crippen LogP contribution in [0.1, 0.15) is 49.0 Å². The third-order valence-electron chi connectivity index (χ3n) is 9.49. The summed E-state index contributed by atoms with van der Waals surface area (Å²) in [6.45, 7) is 10.3. The zero-order valence-corrected chi connectivity index (χ0v) is 23.9. The van der Waals surface area contributed by atoms with Crippen LogP contribution < -0.4 is 4.74 Å². The lowest BCUT2D eigenvalue weighted by atomic mass is 9.70. The van der Waals surface area contributed by atoms with Gasteiger partial charge in [-0.1, -0.05) is 49.4 Å². The Morgan fingerprint density at radius 1 is 1.05 bits per heavy atom. The van der Waals surface area contributed by atoms with Gasteiger partial charge in [0.25, 0.3) is 0 Å². The van der Waals surface area contributed by atoms with E-state index >= 15 is 0 Å². The van der Waals surface area contributed by atoms with Crippen LogP contribution in [0, 0.1) is 17.7 Å². The number of quaternary nitrogens is 1. The lowest BCUT2D eigenvalue weighted by Crippen LogP contribution is -2.67. The van der Waals surface area contributed by atoms with E-state index in [1.807, 2.05) is 30.5 Å². The first-order valence-corrected chi connectivity index (χ1v) is 15.0. The van der Waals surface area contributed by atoms with Crippen LogP contribution in [0.3, 0.4) is 0 Å². The summed E-state index contributed by atoms with van der Waals surface area (Å²) < 4.78 is 27.7. The third kappa shape index (κ3) is 5.66. The number of ether oxygens (including phenoxy) is 2. The van der Waals surface area contributed by atoms with E-state index in [0.29, 0.717) is 18.2 Å². The number of nitrogens with zero attached hydrogens (tertiary/aromatic N) is 2. The molecule has 3 fully saturated rings. The number of hydrogen-bond donors (Lipinski definition) is 0. The number of halogens is 1. The predicted molar refractivity (Wildman–Crippen MR) is 162 cm³/mol. The second kappa shape index (κ2) is 12.1. The van der Waals surface area contributed by atoms with Crippen molar-refractivity contribution in [3.8, 4) is 5.75 Å². The number of para-hydroxylation sites is 1. The predicted octanol–water partition coefficient (Wildman–Crippen LogP) is 8.03. The van der Waals surface area contributed by atoms with Crippen molar-refractivity contribution >= 4 is 10.9 Å². The fourth-order valence-corrected chi connectivity index (χ4v) is 7.42. The van der Waals surface area contributed by atoms with Crippen molar-refractivity contribution in [2.45, 2.75) is 51.5 Å². The summed E-state index contributed by atoms with van der Waals surface area (Å²) in [5.41, 5.74) is 4.11. The molecule has 41 heavy (non-hydrogen) atoms. The van der Waals surface area contributed by atoms with Crippen LogP contribution in [-0.4, -0.2) is 35.2 Å². The van der Waals surface area contributed by atoms with Crippen LogP contribution in [0.5, 0.6) is 5.75 Å². The topological polar surface area (TPSA) is 31.4 Å². The molecule has 2 bridgehead atoms. The van der Waals surface area contributed by atoms with Gasteiger partial charge in [0.2, 0.25) is 0 Å². The molecule has 0 aliphatic carbocycles. The highest BCUT2D eigenvalue weighted by Crippen LogP contribution is 2.49. The van der Waals surface area contributed by atoms with E-state index in [2.05, 4.69) is 61.0 Å². The molecule has 0 spiro atoms. The van der Waals surface area contributed by atoms with E-state index in [1.54, 1.807) is 12.1 Å². The Bertz CT molecular complexity index is 1480. The Kier molecular flexibility index (Phi) is 8.18. The zero-order chi connectivity index (χ0) is 28.2. The van der Waals surface area contributed by atoms with Gasteiger partial charge in [-0.05, 0) is 60.4 Å². The van der Waals surface area contributed by atoms with Crippen molar-refractivity contribution in [2.75, 3.05) is 19.7 Å². The third-order valence-corrected chi connectivity index (χ3v) is 9.49. The fourth-order valence-electron chi connectivity index (χ4n) is 7.42. The maximum Gasteiger partial charge on any atom is 0.135 e. The average Bonchev–Trinajstić information content (AvgIpc) is 3.02. The van der Waals surface area contributed by atoms with E-state index < -0.39 is 0 Å². The van der Waals surface area contributed by atoms with Gasteiger partial charge in [-0.25, -0.2) is 4.39 Å². The van der Waals surface area contributed by atoms with E-state index in [1.165, 1.54) is 48.4 Å². The van der Waals surface area contributed by atoms with Gasteiger partial charge in [0.1, 0.15) is 36.9 Å². The van der Waals surface area contributed by atoms with E-state index in [4.69, 9.17) is 9.47 Å². The molecule has 3 saturated heterocycles. The van der Waals surface area contributed by atoms with Crippen molar-refractivity contribution in [1.82, 2.24) is 4.98 Å². The minimum Gasteiger partial charge on any atom is -0.489 e. The molecule has 0 radical (unpaired) electrons. The zero-order valence-electron chi connectivity index (χ0n) is 23.9. The second-order valence-electron chi connectivity index (χ2n) is 11.8. The molecule has 1 aromatic heterocycles. The Hall–Kier alpha value is -3.54. The van der Waals surface area contributed by atoms with Crippen LogP contribution in [-0.2, 0) is 17.9 Å². The molecule has 212 valence electrons. The number of piperidine rings is 3. The summed E-state index contributed by atoms with van der Waals surface area (Å²) >= 11 is 0. The minimum absolute atomic E-state index is 0.0371. The fraction of sp³-hybridized carbons (Fsp3) is 0.361. The van der Waals surface area contributed by atoms with Gasteiger partial charge >= 0.3 is 0 Å². The van der Waals surface area contributed by atoms with E-state index in [0.717, 1.165) is 40.7 Å². The minimum atomic E-state index is -0.236. The Morgan fingerprint density at radius 3 is 2.66 bits per heavy atom. The van der Waals surface area contributed by atoms with Crippen LogP contribution in [0.25, 0.3) is 10.9 Å². The molecule has 0 N–H and O–H groups in total. The molecule has 5 heteroatoms. The number of hydrogen-bond acceptors (Lipinski definition) is 3. The lowest BCUT2D eigenvalue weighted by molar-refractivity contribution is -0.986. The van der Waals surface area contributed by atoms with Crippen molar-refractivity contribution < 1.29 is 18.3 Å². The molecule has 0 amide bonds. The SMILES string of the molecule is C=CCO[C@H](c1ccnc2ccccc12)[C@@H]1C[C@@H]2CC[N@@+]1(Cc1ccc(OCc3ccccc3F)cc1)C[C@@H]2CC. The summed E-state index contributed by atoms with van der Waals surface area (Å²) in [7, 11) is 0. The molecule has 0 unspecified atom stereocenters. The first-order chi connectivity index (χ1) is 20.1. The highest BCUT2D eigenvalue weighted by molar-refractivity contribution is 5.82. The number of pyridine rings is 1. The van der Waals surface area contributed by atoms with Gasteiger partial charge < -0.3 is 14.0 Å². The second-order valence-corrected chi connectivity index (χ2v) is 11.8. The largest absolute Gasteiger partial charge is 0.489 e. The maximum absolute atomic E-state index is 14.1. The Balaban J connectivity index is 1.29. The molecule has 5 atom stereocenters. The van der Waals surface area contributed by atoms with Crippen LogP contribution in [0.15, 0.2) is 97.7 Å². The summed E-state index contributed by atoms with van der Waals surface area (Å²) in [6, 6.07) is 26.1. The quantitative estimate of drug-likeness (QED) is 0.140. The van der Waals surface area contributed by atoms with Gasteiger partial charge in [-0.15, -0.1) is 6.58 Å². The molecule has 3 aliphatic rings. The highest BCUT2D eigenvalue weighted by atomic mass is 19.1. The summed E-state index contributed by atoms with van der Waals surface area (Å²) in [6.07, 6.45) is 7.41. The number of rotatable bonds is 11. The summed E-state index contributed by atoms with van der Waals surface area (Å²) in [4.78, 5) is 4.64. The van der Waals surface area contributed by atoms with Gasteiger partial charge in [-0.3, -0.25) is 4.98 Å².